The van der Waals surface area contributed by atoms with Crippen LogP contribution in [0.25, 0.3) is 0 Å². The number of hydrogen-bond donors (Lipinski definition) is 2. The van der Waals surface area contributed by atoms with Gasteiger partial charge in [-0.3, -0.25) is 0 Å². The zero-order chi connectivity index (χ0) is 6.27. The molecule has 11 heavy (non-hydrogen) atoms. The van der Waals surface area contributed by atoms with Crippen molar-refractivity contribution >= 4 is 24.8 Å². The highest BCUT2D eigenvalue weighted by atomic mass is 35.5. The molecular formula is C7H16Cl2N2. The van der Waals surface area contributed by atoms with E-state index in [2.05, 4.69) is 5.32 Å². The highest BCUT2D eigenvalue weighted by molar-refractivity contribution is 5.85. The second-order valence-electron chi connectivity index (χ2n) is 3.33. The van der Waals surface area contributed by atoms with Gasteiger partial charge in [-0.25, -0.2) is 0 Å². The van der Waals surface area contributed by atoms with Crippen LogP contribution in [0.2, 0.25) is 0 Å². The second-order valence-corrected chi connectivity index (χ2v) is 3.33. The van der Waals surface area contributed by atoms with Gasteiger partial charge in [-0.05, 0) is 37.8 Å². The molecular weight excluding hydrogens is 183 g/mol. The van der Waals surface area contributed by atoms with Gasteiger partial charge in [-0.15, -0.1) is 24.8 Å². The van der Waals surface area contributed by atoms with Crippen LogP contribution < -0.4 is 11.1 Å². The van der Waals surface area contributed by atoms with E-state index in [1.54, 1.807) is 0 Å². The average molecular weight is 199 g/mol. The molecule has 0 spiro atoms. The molecule has 2 atom stereocenters. The smallest absolute Gasteiger partial charge is 0.0120 e. The van der Waals surface area contributed by atoms with E-state index in [9.17, 15) is 0 Å². The largest absolute Gasteiger partial charge is 0.327 e. The van der Waals surface area contributed by atoms with Crippen molar-refractivity contribution in [3.63, 3.8) is 0 Å². The van der Waals surface area contributed by atoms with E-state index in [0.29, 0.717) is 6.04 Å². The summed E-state index contributed by atoms with van der Waals surface area (Å²) in [6.07, 6.45) is 2.72. The van der Waals surface area contributed by atoms with Crippen LogP contribution in [0.3, 0.4) is 0 Å². The van der Waals surface area contributed by atoms with E-state index in [0.717, 1.165) is 24.9 Å². The molecule has 1 saturated heterocycles. The van der Waals surface area contributed by atoms with Crippen molar-refractivity contribution in [2.45, 2.75) is 18.9 Å². The summed E-state index contributed by atoms with van der Waals surface area (Å²) in [7, 11) is 0. The lowest BCUT2D eigenvalue weighted by atomic mass is 9.95. The van der Waals surface area contributed by atoms with Crippen molar-refractivity contribution in [1.82, 2.24) is 5.32 Å². The maximum Gasteiger partial charge on any atom is 0.0120 e. The number of nitrogens with two attached hydrogens (primary N) is 1. The maximum absolute atomic E-state index is 5.94. The summed E-state index contributed by atoms with van der Waals surface area (Å²) in [5, 5.41) is 3.40. The molecule has 2 bridgehead atoms. The molecule has 0 aromatic rings. The molecule has 68 valence electrons. The zero-order valence-corrected chi connectivity index (χ0v) is 8.09. The molecule has 1 aliphatic carbocycles. The lowest BCUT2D eigenvalue weighted by Gasteiger charge is -2.26. The van der Waals surface area contributed by atoms with E-state index in [-0.39, 0.29) is 24.8 Å². The second kappa shape index (κ2) is 4.51. The normalized spacial score (nSPS) is 40.6. The molecule has 0 radical (unpaired) electrons. The fraction of sp³-hybridized carbons (Fsp3) is 1.00. The molecule has 2 aliphatic rings. The van der Waals surface area contributed by atoms with Gasteiger partial charge in [0.05, 0.1) is 0 Å². The third-order valence-corrected chi connectivity index (χ3v) is 2.81. The first-order chi connectivity index (χ1) is 4.38. The minimum Gasteiger partial charge on any atom is -0.327 e. The summed E-state index contributed by atoms with van der Waals surface area (Å²) in [5.74, 6) is 1.59. The van der Waals surface area contributed by atoms with Crippen LogP contribution in [0, 0.1) is 11.8 Å². The molecule has 4 heteroatoms. The Morgan fingerprint density at radius 3 is 1.82 bits per heavy atom. The minimum atomic E-state index is 0. The van der Waals surface area contributed by atoms with Crippen LogP contribution in [0.5, 0.6) is 0 Å². The van der Waals surface area contributed by atoms with Crippen molar-refractivity contribution < 1.29 is 0 Å². The van der Waals surface area contributed by atoms with Crippen molar-refractivity contribution in [3.8, 4) is 0 Å². The predicted molar refractivity (Wildman–Crippen MR) is 51.6 cm³/mol. The summed E-state index contributed by atoms with van der Waals surface area (Å²) in [4.78, 5) is 0. The van der Waals surface area contributed by atoms with Gasteiger partial charge >= 0.3 is 0 Å². The number of nitrogens with one attached hydrogen (secondary N) is 1. The number of rotatable bonds is 0. The first kappa shape index (κ1) is 11.5. The Morgan fingerprint density at radius 1 is 1.00 bits per heavy atom. The molecule has 0 aromatic carbocycles. The van der Waals surface area contributed by atoms with E-state index < -0.39 is 0 Å². The van der Waals surface area contributed by atoms with Crippen molar-refractivity contribution in [2.24, 2.45) is 17.6 Å². The third kappa shape index (κ3) is 2.00. The molecule has 2 unspecified atom stereocenters. The SMILES string of the molecule is Cl.Cl.NC1C2CCC1CNC2. The number of piperidine rings is 1. The number of halogens is 2. The topological polar surface area (TPSA) is 38.0 Å². The maximum atomic E-state index is 5.94. The van der Waals surface area contributed by atoms with Gasteiger partial charge < -0.3 is 11.1 Å². The highest BCUT2D eigenvalue weighted by Gasteiger charge is 2.35. The Balaban J connectivity index is 0.000000500. The Bertz CT molecular complexity index is 105. The third-order valence-electron chi connectivity index (χ3n) is 2.81. The Morgan fingerprint density at radius 2 is 1.45 bits per heavy atom. The first-order valence-corrected chi connectivity index (χ1v) is 3.84. The number of fused-ring (bicyclic) bond motifs is 2. The van der Waals surface area contributed by atoms with Crippen LogP contribution >= 0.6 is 24.8 Å². The number of hydrogen-bond acceptors (Lipinski definition) is 2. The van der Waals surface area contributed by atoms with Gasteiger partial charge in [-0.1, -0.05) is 0 Å². The van der Waals surface area contributed by atoms with Crippen LogP contribution in [-0.4, -0.2) is 19.1 Å². The average Bonchev–Trinajstić information content (AvgIpc) is 2.19. The fourth-order valence-electron chi connectivity index (χ4n) is 2.13. The molecule has 2 rings (SSSR count). The Kier molecular flexibility index (Phi) is 4.71. The lowest BCUT2D eigenvalue weighted by Crippen LogP contribution is -2.46. The lowest BCUT2D eigenvalue weighted by molar-refractivity contribution is 0.323. The van der Waals surface area contributed by atoms with Crippen LogP contribution in [0.15, 0.2) is 0 Å². The zero-order valence-electron chi connectivity index (χ0n) is 6.45. The van der Waals surface area contributed by atoms with Crippen molar-refractivity contribution in [1.29, 1.82) is 0 Å². The van der Waals surface area contributed by atoms with Crippen LogP contribution in [0.1, 0.15) is 12.8 Å². The van der Waals surface area contributed by atoms with Crippen molar-refractivity contribution in [2.75, 3.05) is 13.1 Å². The highest BCUT2D eigenvalue weighted by Crippen LogP contribution is 2.31. The van der Waals surface area contributed by atoms with E-state index in [1.165, 1.54) is 12.8 Å². The van der Waals surface area contributed by atoms with E-state index in [4.69, 9.17) is 5.73 Å². The van der Waals surface area contributed by atoms with Gasteiger partial charge in [0.2, 0.25) is 0 Å². The van der Waals surface area contributed by atoms with E-state index in [1.807, 2.05) is 0 Å². The summed E-state index contributed by atoms with van der Waals surface area (Å²) < 4.78 is 0. The molecule has 0 aromatic heterocycles. The molecule has 1 aliphatic heterocycles. The van der Waals surface area contributed by atoms with Crippen LogP contribution in [0.4, 0.5) is 0 Å². The summed E-state index contributed by atoms with van der Waals surface area (Å²) in [6.45, 7) is 2.33. The predicted octanol–water partition coefficient (Wildman–Crippen LogP) is 0.787. The van der Waals surface area contributed by atoms with Gasteiger partial charge in [-0.2, -0.15) is 0 Å². The van der Waals surface area contributed by atoms with Gasteiger partial charge in [0.25, 0.3) is 0 Å². The quantitative estimate of drug-likeness (QED) is 0.605. The molecule has 0 amide bonds. The minimum absolute atomic E-state index is 0. The van der Waals surface area contributed by atoms with Gasteiger partial charge in [0, 0.05) is 6.04 Å². The summed E-state index contributed by atoms with van der Waals surface area (Å²) in [6, 6.07) is 0.520. The van der Waals surface area contributed by atoms with Crippen molar-refractivity contribution in [3.05, 3.63) is 0 Å². The fourth-order valence-corrected chi connectivity index (χ4v) is 2.13. The standard InChI is InChI=1S/C7H14N2.2ClH/c8-7-5-1-2-6(7)4-9-3-5;;/h5-7,9H,1-4,8H2;2*1H. The summed E-state index contributed by atoms with van der Waals surface area (Å²) >= 11 is 0. The molecule has 3 N–H and O–H groups in total. The molecule has 1 heterocycles. The first-order valence-electron chi connectivity index (χ1n) is 3.84. The van der Waals surface area contributed by atoms with E-state index >= 15 is 0 Å². The Hall–Kier alpha value is 0.500. The summed E-state index contributed by atoms with van der Waals surface area (Å²) in [5.41, 5.74) is 5.94. The molecule has 2 nitrogen and oxygen atoms in total. The molecule has 1 saturated carbocycles. The van der Waals surface area contributed by atoms with Crippen LogP contribution in [-0.2, 0) is 0 Å². The monoisotopic (exact) mass is 198 g/mol. The molecule has 2 fully saturated rings. The Labute approximate surface area is 80.1 Å². The van der Waals surface area contributed by atoms with Gasteiger partial charge in [0.1, 0.15) is 0 Å². The van der Waals surface area contributed by atoms with Gasteiger partial charge in [0.15, 0.2) is 0 Å².